The molecule has 1 atom stereocenters. The molecule has 0 bridgehead atoms. The first kappa shape index (κ1) is 14.9. The van der Waals surface area contributed by atoms with Crippen molar-refractivity contribution in [2.45, 2.75) is 19.1 Å². The molecule has 1 N–H and O–H groups in total. The van der Waals surface area contributed by atoms with Gasteiger partial charge in [0.05, 0.1) is 17.2 Å². The minimum absolute atomic E-state index is 0.309. The van der Waals surface area contributed by atoms with Gasteiger partial charge in [-0.25, -0.2) is 9.97 Å². The topological polar surface area (TPSA) is 67.8 Å². The van der Waals surface area contributed by atoms with Crippen LogP contribution < -0.4 is 5.32 Å². The average molecular weight is 296 g/mol. The molecule has 0 saturated heterocycles. The molecule has 0 saturated carbocycles. The molecule has 5 nitrogen and oxygen atoms in total. The van der Waals surface area contributed by atoms with E-state index >= 15 is 0 Å². The van der Waals surface area contributed by atoms with Crippen LogP contribution in [0.1, 0.15) is 34.7 Å². The van der Waals surface area contributed by atoms with Crippen LogP contribution in [-0.2, 0) is 6.18 Å². The zero-order valence-corrected chi connectivity index (χ0v) is 10.9. The number of carbonyl (C=O) groups excluding carboxylic acids is 1. The highest BCUT2D eigenvalue weighted by Crippen LogP contribution is 2.31. The Balaban J connectivity index is 2.22. The minimum atomic E-state index is -4.62. The summed E-state index contributed by atoms with van der Waals surface area (Å²) in [5.74, 6) is -0.571. The molecule has 0 aliphatic heterocycles. The molecule has 2 heterocycles. The van der Waals surface area contributed by atoms with Crippen molar-refractivity contribution in [3.63, 3.8) is 0 Å². The smallest absolute Gasteiger partial charge is 0.342 e. The van der Waals surface area contributed by atoms with E-state index in [0.29, 0.717) is 5.82 Å². The molecule has 0 spiro atoms. The molecule has 2 rings (SSSR count). The maximum absolute atomic E-state index is 12.8. The SMILES string of the molecule is CC(NC(=O)c1cnccc1C(F)(F)F)c1ncccn1. The van der Waals surface area contributed by atoms with Crippen LogP contribution in [0.4, 0.5) is 13.2 Å². The van der Waals surface area contributed by atoms with Gasteiger partial charge in [0.1, 0.15) is 5.82 Å². The molecule has 1 unspecified atom stereocenters. The van der Waals surface area contributed by atoms with Crippen molar-refractivity contribution in [2.24, 2.45) is 0 Å². The van der Waals surface area contributed by atoms with Crippen LogP contribution in [0.3, 0.4) is 0 Å². The molecule has 21 heavy (non-hydrogen) atoms. The molecule has 0 aliphatic carbocycles. The maximum atomic E-state index is 12.8. The first-order valence-corrected chi connectivity index (χ1v) is 5.98. The quantitative estimate of drug-likeness (QED) is 0.944. The van der Waals surface area contributed by atoms with Crippen LogP contribution in [0.5, 0.6) is 0 Å². The predicted molar refractivity (Wildman–Crippen MR) is 67.2 cm³/mol. The van der Waals surface area contributed by atoms with Gasteiger partial charge in [0, 0.05) is 24.8 Å². The van der Waals surface area contributed by atoms with Gasteiger partial charge >= 0.3 is 6.18 Å². The van der Waals surface area contributed by atoms with E-state index in [9.17, 15) is 18.0 Å². The van der Waals surface area contributed by atoms with Crippen LogP contribution in [0.15, 0.2) is 36.9 Å². The average Bonchev–Trinajstić information content (AvgIpc) is 2.47. The number of alkyl halides is 3. The number of pyridine rings is 1. The van der Waals surface area contributed by atoms with Gasteiger partial charge < -0.3 is 5.32 Å². The Morgan fingerprint density at radius 1 is 1.24 bits per heavy atom. The summed E-state index contributed by atoms with van der Waals surface area (Å²) in [6.07, 6.45) is 0.217. The van der Waals surface area contributed by atoms with Crippen LogP contribution >= 0.6 is 0 Å². The highest BCUT2D eigenvalue weighted by atomic mass is 19.4. The molecule has 0 aliphatic rings. The van der Waals surface area contributed by atoms with E-state index in [1.54, 1.807) is 13.0 Å². The third kappa shape index (κ3) is 3.53. The lowest BCUT2D eigenvalue weighted by molar-refractivity contribution is -0.138. The van der Waals surface area contributed by atoms with E-state index in [-0.39, 0.29) is 0 Å². The van der Waals surface area contributed by atoms with E-state index in [1.807, 2.05) is 0 Å². The summed E-state index contributed by atoms with van der Waals surface area (Å²) in [5.41, 5.74) is -1.57. The summed E-state index contributed by atoms with van der Waals surface area (Å²) in [6, 6.07) is 1.74. The van der Waals surface area contributed by atoms with E-state index in [0.717, 1.165) is 18.5 Å². The Bertz CT molecular complexity index is 631. The third-order valence-corrected chi connectivity index (χ3v) is 2.69. The molecule has 0 fully saturated rings. The van der Waals surface area contributed by atoms with Gasteiger partial charge in [0.2, 0.25) is 0 Å². The number of hydrogen-bond donors (Lipinski definition) is 1. The van der Waals surface area contributed by atoms with Gasteiger partial charge in [-0.05, 0) is 19.1 Å². The minimum Gasteiger partial charge on any atom is -0.342 e. The van der Waals surface area contributed by atoms with Crippen molar-refractivity contribution in [1.29, 1.82) is 0 Å². The molecule has 2 aromatic heterocycles. The number of carbonyl (C=O) groups is 1. The second kappa shape index (κ2) is 5.86. The fraction of sp³-hybridized carbons (Fsp3) is 0.231. The Labute approximate surface area is 118 Å². The number of hydrogen-bond acceptors (Lipinski definition) is 4. The molecule has 0 aromatic carbocycles. The zero-order valence-electron chi connectivity index (χ0n) is 10.9. The van der Waals surface area contributed by atoms with Gasteiger partial charge in [-0.2, -0.15) is 13.2 Å². The summed E-state index contributed by atoms with van der Waals surface area (Å²) < 4.78 is 38.5. The van der Waals surface area contributed by atoms with E-state index in [2.05, 4.69) is 20.3 Å². The number of nitrogens with zero attached hydrogens (tertiary/aromatic N) is 3. The highest BCUT2D eigenvalue weighted by molar-refractivity contribution is 5.95. The summed E-state index contributed by atoms with van der Waals surface area (Å²) in [4.78, 5) is 23.4. The van der Waals surface area contributed by atoms with Gasteiger partial charge in [-0.3, -0.25) is 9.78 Å². The molecule has 0 radical (unpaired) electrons. The monoisotopic (exact) mass is 296 g/mol. The van der Waals surface area contributed by atoms with Crippen LogP contribution in [-0.4, -0.2) is 20.9 Å². The molecule has 8 heteroatoms. The summed E-state index contributed by atoms with van der Waals surface area (Å²) in [6.45, 7) is 1.58. The summed E-state index contributed by atoms with van der Waals surface area (Å²) >= 11 is 0. The number of nitrogens with one attached hydrogen (secondary N) is 1. The maximum Gasteiger partial charge on any atom is 0.417 e. The zero-order chi connectivity index (χ0) is 15.5. The lowest BCUT2D eigenvalue weighted by Gasteiger charge is -2.15. The summed E-state index contributed by atoms with van der Waals surface area (Å²) in [5, 5.41) is 2.42. The second-order valence-corrected chi connectivity index (χ2v) is 4.22. The third-order valence-electron chi connectivity index (χ3n) is 2.69. The Morgan fingerprint density at radius 2 is 1.90 bits per heavy atom. The van der Waals surface area contributed by atoms with E-state index in [1.165, 1.54) is 12.4 Å². The number of aromatic nitrogens is 3. The van der Waals surface area contributed by atoms with Crippen LogP contribution in [0, 0.1) is 0 Å². The molecular formula is C13H11F3N4O. The number of amides is 1. The molecular weight excluding hydrogens is 285 g/mol. The Kier molecular flexibility index (Phi) is 4.15. The van der Waals surface area contributed by atoms with Crippen molar-refractivity contribution in [2.75, 3.05) is 0 Å². The summed E-state index contributed by atoms with van der Waals surface area (Å²) in [7, 11) is 0. The number of halogens is 3. The standard InChI is InChI=1S/C13H11F3N4O/c1-8(11-18-4-2-5-19-11)20-12(21)9-7-17-6-3-10(9)13(14,15)16/h2-8H,1H3,(H,20,21). The lowest BCUT2D eigenvalue weighted by atomic mass is 10.1. The van der Waals surface area contributed by atoms with Crippen molar-refractivity contribution in [1.82, 2.24) is 20.3 Å². The fourth-order valence-corrected chi connectivity index (χ4v) is 1.70. The van der Waals surface area contributed by atoms with Crippen molar-refractivity contribution < 1.29 is 18.0 Å². The first-order chi connectivity index (χ1) is 9.89. The first-order valence-electron chi connectivity index (χ1n) is 5.98. The highest BCUT2D eigenvalue weighted by Gasteiger charge is 2.35. The van der Waals surface area contributed by atoms with Gasteiger partial charge in [0.25, 0.3) is 5.91 Å². The second-order valence-electron chi connectivity index (χ2n) is 4.22. The normalized spacial score (nSPS) is 12.8. The van der Waals surface area contributed by atoms with Gasteiger partial charge in [-0.1, -0.05) is 0 Å². The largest absolute Gasteiger partial charge is 0.417 e. The van der Waals surface area contributed by atoms with Gasteiger partial charge in [-0.15, -0.1) is 0 Å². The fourth-order valence-electron chi connectivity index (χ4n) is 1.70. The Hall–Kier alpha value is -2.51. The van der Waals surface area contributed by atoms with Gasteiger partial charge in [0.15, 0.2) is 0 Å². The molecule has 2 aromatic rings. The molecule has 110 valence electrons. The van der Waals surface area contributed by atoms with Crippen molar-refractivity contribution in [3.8, 4) is 0 Å². The molecule has 1 amide bonds. The van der Waals surface area contributed by atoms with E-state index in [4.69, 9.17) is 0 Å². The van der Waals surface area contributed by atoms with Crippen LogP contribution in [0.2, 0.25) is 0 Å². The van der Waals surface area contributed by atoms with Crippen molar-refractivity contribution in [3.05, 3.63) is 53.9 Å². The van der Waals surface area contributed by atoms with E-state index < -0.39 is 29.3 Å². The predicted octanol–water partition coefficient (Wildman–Crippen LogP) is 2.38. The lowest BCUT2D eigenvalue weighted by Crippen LogP contribution is -2.30. The van der Waals surface area contributed by atoms with Crippen LogP contribution in [0.25, 0.3) is 0 Å². The van der Waals surface area contributed by atoms with Crippen molar-refractivity contribution >= 4 is 5.91 Å². The Morgan fingerprint density at radius 3 is 2.52 bits per heavy atom. The number of rotatable bonds is 3.